The average molecular weight is 324 g/mol. The Morgan fingerprint density at radius 2 is 1.91 bits per heavy atom. The molecule has 3 aromatic rings. The van der Waals surface area contributed by atoms with Crippen molar-refractivity contribution in [2.75, 3.05) is 0 Å². The van der Waals surface area contributed by atoms with Crippen molar-refractivity contribution < 1.29 is 4.79 Å². The van der Waals surface area contributed by atoms with E-state index in [0.29, 0.717) is 0 Å². The molecule has 4 heteroatoms. The second kappa shape index (κ2) is 5.93. The van der Waals surface area contributed by atoms with E-state index in [4.69, 9.17) is 0 Å². The molecule has 3 nitrogen and oxygen atoms in total. The number of carbonyl (C=O) groups excluding carboxylic acids is 1. The highest BCUT2D eigenvalue weighted by atomic mass is 32.1. The molecule has 118 valence electrons. The van der Waals surface area contributed by atoms with Gasteiger partial charge in [0.25, 0.3) is 5.91 Å². The molecule has 1 fully saturated rings. The van der Waals surface area contributed by atoms with E-state index < -0.39 is 0 Å². The van der Waals surface area contributed by atoms with Crippen LogP contribution in [0.3, 0.4) is 0 Å². The number of nitrogens with zero attached hydrogens (tertiary/aromatic N) is 2. The number of hydrogen-bond acceptors (Lipinski definition) is 2. The zero-order chi connectivity index (χ0) is 15.8. The van der Waals surface area contributed by atoms with E-state index in [1.54, 1.807) is 11.3 Å². The van der Waals surface area contributed by atoms with Crippen LogP contribution in [0.1, 0.15) is 32.1 Å². The Kier molecular flexibility index (Phi) is 3.77. The number of rotatable bonds is 1. The predicted molar refractivity (Wildman–Crippen MR) is 95.4 cm³/mol. The average Bonchev–Trinajstić information content (AvgIpc) is 2.92. The van der Waals surface area contributed by atoms with Gasteiger partial charge in [0.05, 0.1) is 10.2 Å². The molecule has 0 spiro atoms. The minimum absolute atomic E-state index is 0.0659. The first-order chi connectivity index (χ1) is 11.2. The molecule has 2 aromatic carbocycles. The van der Waals surface area contributed by atoms with Gasteiger partial charge in [0.15, 0.2) is 4.80 Å². The molecule has 1 aliphatic rings. The highest BCUT2D eigenvalue weighted by molar-refractivity contribution is 7.16. The number of amides is 1. The minimum atomic E-state index is 0.0659. The summed E-state index contributed by atoms with van der Waals surface area (Å²) < 4.78 is 3.25. The van der Waals surface area contributed by atoms with Gasteiger partial charge in [-0.05, 0) is 24.3 Å². The molecule has 1 saturated carbocycles. The van der Waals surface area contributed by atoms with Gasteiger partial charge in [-0.25, -0.2) is 0 Å². The van der Waals surface area contributed by atoms with Crippen molar-refractivity contribution in [3.05, 3.63) is 41.2 Å². The van der Waals surface area contributed by atoms with Crippen molar-refractivity contribution in [3.8, 4) is 0 Å². The van der Waals surface area contributed by atoms with Gasteiger partial charge in [0, 0.05) is 18.4 Å². The van der Waals surface area contributed by atoms with Gasteiger partial charge < -0.3 is 4.57 Å². The number of hydrogen-bond donors (Lipinski definition) is 0. The summed E-state index contributed by atoms with van der Waals surface area (Å²) in [7, 11) is 2.01. The number of carbonyl (C=O) groups is 1. The first-order valence-corrected chi connectivity index (χ1v) is 9.11. The van der Waals surface area contributed by atoms with E-state index >= 15 is 0 Å². The molecule has 0 N–H and O–H groups in total. The summed E-state index contributed by atoms with van der Waals surface area (Å²) in [5, 5.41) is 2.44. The van der Waals surface area contributed by atoms with Gasteiger partial charge >= 0.3 is 0 Å². The van der Waals surface area contributed by atoms with Crippen LogP contribution in [0.2, 0.25) is 0 Å². The maximum atomic E-state index is 12.5. The van der Waals surface area contributed by atoms with Crippen LogP contribution in [0.15, 0.2) is 41.4 Å². The van der Waals surface area contributed by atoms with Gasteiger partial charge in [0.1, 0.15) is 0 Å². The molecule has 0 saturated heterocycles. The molecule has 1 aliphatic carbocycles. The molecule has 1 amide bonds. The maximum Gasteiger partial charge on any atom is 0.251 e. The fourth-order valence-corrected chi connectivity index (χ4v) is 4.60. The van der Waals surface area contributed by atoms with Crippen LogP contribution in [0, 0.1) is 5.92 Å². The van der Waals surface area contributed by atoms with Gasteiger partial charge in [-0.15, -0.1) is 0 Å². The summed E-state index contributed by atoms with van der Waals surface area (Å²) in [5.74, 6) is 0.196. The van der Waals surface area contributed by atoms with Crippen LogP contribution in [0.5, 0.6) is 0 Å². The summed E-state index contributed by atoms with van der Waals surface area (Å²) >= 11 is 1.61. The second-order valence-corrected chi connectivity index (χ2v) is 7.37. The van der Waals surface area contributed by atoms with Crippen molar-refractivity contribution in [3.63, 3.8) is 0 Å². The molecule has 4 rings (SSSR count). The zero-order valence-corrected chi connectivity index (χ0v) is 14.1. The molecule has 0 unspecified atom stereocenters. The lowest BCUT2D eigenvalue weighted by atomic mass is 9.89. The van der Waals surface area contributed by atoms with Crippen LogP contribution < -0.4 is 4.80 Å². The lowest BCUT2D eigenvalue weighted by molar-refractivity contribution is -0.122. The van der Waals surface area contributed by atoms with Crippen LogP contribution in [0.25, 0.3) is 21.0 Å². The molecular formula is C19H20N2OS. The van der Waals surface area contributed by atoms with E-state index in [0.717, 1.165) is 30.5 Å². The van der Waals surface area contributed by atoms with Crippen LogP contribution in [-0.2, 0) is 11.8 Å². The second-order valence-electron chi connectivity index (χ2n) is 6.36. The number of benzene rings is 2. The molecule has 0 aliphatic heterocycles. The summed E-state index contributed by atoms with van der Waals surface area (Å²) in [6.07, 6.45) is 5.58. The van der Waals surface area contributed by atoms with E-state index in [1.165, 1.54) is 27.4 Å². The third-order valence-corrected chi connectivity index (χ3v) is 5.94. The fourth-order valence-electron chi connectivity index (χ4n) is 3.56. The fraction of sp³-hybridized carbons (Fsp3) is 0.368. The third-order valence-electron chi connectivity index (χ3n) is 4.85. The van der Waals surface area contributed by atoms with Crippen molar-refractivity contribution in [1.29, 1.82) is 0 Å². The quantitative estimate of drug-likeness (QED) is 0.653. The SMILES string of the molecule is Cn1c(=NC(=O)C2CCCCC2)sc2ccc3ccccc3c21. The maximum absolute atomic E-state index is 12.5. The summed E-state index contributed by atoms with van der Waals surface area (Å²) in [4.78, 5) is 17.8. The predicted octanol–water partition coefficient (Wildman–Crippen LogP) is 4.40. The summed E-state index contributed by atoms with van der Waals surface area (Å²) in [6, 6.07) is 12.6. The van der Waals surface area contributed by atoms with Gasteiger partial charge in [0.2, 0.25) is 0 Å². The van der Waals surface area contributed by atoms with Crippen molar-refractivity contribution in [2.45, 2.75) is 32.1 Å². The van der Waals surface area contributed by atoms with Gasteiger partial charge in [-0.1, -0.05) is 60.9 Å². The first kappa shape index (κ1) is 14.6. The molecule has 0 bridgehead atoms. The van der Waals surface area contributed by atoms with Gasteiger partial charge in [-0.2, -0.15) is 4.99 Å². The van der Waals surface area contributed by atoms with Crippen LogP contribution >= 0.6 is 11.3 Å². The molecule has 0 atom stereocenters. The number of aryl methyl sites for hydroxylation is 1. The van der Waals surface area contributed by atoms with E-state index in [1.807, 2.05) is 7.05 Å². The Hall–Kier alpha value is -1.94. The highest BCUT2D eigenvalue weighted by Gasteiger charge is 2.21. The molecule has 0 radical (unpaired) electrons. The molecular weight excluding hydrogens is 304 g/mol. The van der Waals surface area contributed by atoms with E-state index in [2.05, 4.69) is 46.0 Å². The van der Waals surface area contributed by atoms with Crippen LogP contribution in [0.4, 0.5) is 0 Å². The standard InChI is InChI=1S/C19H20N2OS/c1-21-17-15-10-6-5-7-13(15)11-12-16(17)23-19(21)20-18(22)14-8-3-2-4-9-14/h5-7,10-12,14H,2-4,8-9H2,1H3. The van der Waals surface area contributed by atoms with Crippen LogP contribution in [-0.4, -0.2) is 10.5 Å². The Bertz CT molecular complexity index is 945. The number of fused-ring (bicyclic) bond motifs is 3. The lowest BCUT2D eigenvalue weighted by Crippen LogP contribution is -2.20. The Morgan fingerprint density at radius 1 is 1.13 bits per heavy atom. The lowest BCUT2D eigenvalue weighted by Gasteiger charge is -2.17. The smallest absolute Gasteiger partial charge is 0.251 e. The normalized spacial score (nSPS) is 17.2. The molecule has 23 heavy (non-hydrogen) atoms. The Balaban J connectivity index is 1.84. The minimum Gasteiger partial charge on any atom is -0.319 e. The zero-order valence-electron chi connectivity index (χ0n) is 13.3. The summed E-state index contributed by atoms with van der Waals surface area (Å²) in [5.41, 5.74) is 1.17. The van der Waals surface area contributed by atoms with Crippen molar-refractivity contribution in [1.82, 2.24) is 4.57 Å². The summed E-state index contributed by atoms with van der Waals surface area (Å²) in [6.45, 7) is 0. The van der Waals surface area contributed by atoms with Crippen molar-refractivity contribution in [2.24, 2.45) is 18.0 Å². The first-order valence-electron chi connectivity index (χ1n) is 8.30. The Labute approximate surface area is 139 Å². The third kappa shape index (κ3) is 2.61. The molecule has 1 heterocycles. The Morgan fingerprint density at radius 3 is 2.74 bits per heavy atom. The van der Waals surface area contributed by atoms with E-state index in [-0.39, 0.29) is 11.8 Å². The van der Waals surface area contributed by atoms with Gasteiger partial charge in [-0.3, -0.25) is 4.79 Å². The molecule has 1 aromatic heterocycles. The van der Waals surface area contributed by atoms with E-state index in [9.17, 15) is 4.79 Å². The monoisotopic (exact) mass is 324 g/mol. The largest absolute Gasteiger partial charge is 0.319 e. The topological polar surface area (TPSA) is 34.4 Å². The highest BCUT2D eigenvalue weighted by Crippen LogP contribution is 2.27. The van der Waals surface area contributed by atoms with Crippen molar-refractivity contribution >= 4 is 38.2 Å². The number of thiazole rings is 1. The number of aromatic nitrogens is 1.